The highest BCUT2D eigenvalue weighted by Gasteiger charge is 2.28. The van der Waals surface area contributed by atoms with Crippen molar-refractivity contribution in [3.05, 3.63) is 72.8 Å². The molecule has 2 aromatic heterocycles. The fourth-order valence-electron chi connectivity index (χ4n) is 4.03. The molecule has 1 N–H and O–H groups in total. The van der Waals surface area contributed by atoms with Crippen molar-refractivity contribution in [3.8, 4) is 0 Å². The molecule has 1 aliphatic heterocycles. The summed E-state index contributed by atoms with van der Waals surface area (Å²) in [4.78, 5) is 15.7. The number of nitrogens with one attached hydrogen (secondary N) is 1. The van der Waals surface area contributed by atoms with Crippen molar-refractivity contribution in [3.63, 3.8) is 0 Å². The molecule has 7 heteroatoms. The number of hydrogen-bond donors (Lipinski definition) is 1. The monoisotopic (exact) mass is 405 g/mol. The fraction of sp³-hybridized carbons (Fsp3) is 0.435. The van der Waals surface area contributed by atoms with Crippen LogP contribution in [0.5, 0.6) is 0 Å². The summed E-state index contributed by atoms with van der Waals surface area (Å²) < 4.78 is 4.31. The smallest absolute Gasteiger partial charge is 0.194 e. The van der Waals surface area contributed by atoms with Gasteiger partial charge in [0.2, 0.25) is 0 Å². The average Bonchev–Trinajstić information content (AvgIpc) is 3.47. The quantitative estimate of drug-likeness (QED) is 0.505. The largest absolute Gasteiger partial charge is 0.357 e. The van der Waals surface area contributed by atoms with E-state index < -0.39 is 0 Å². The summed E-state index contributed by atoms with van der Waals surface area (Å²) in [6.45, 7) is 8.82. The predicted octanol–water partition coefficient (Wildman–Crippen LogP) is 3.18. The lowest BCUT2D eigenvalue weighted by molar-refractivity contribution is 0.189. The summed E-state index contributed by atoms with van der Waals surface area (Å²) in [6, 6.07) is 9.12. The van der Waals surface area contributed by atoms with E-state index in [2.05, 4.69) is 73.6 Å². The maximum Gasteiger partial charge on any atom is 0.194 e. The molecule has 1 saturated heterocycles. The number of likely N-dealkylation sites (tertiary alicyclic amines) is 1. The topological polar surface area (TPSA) is 63.3 Å². The molecule has 0 spiro atoms. The van der Waals surface area contributed by atoms with Crippen molar-refractivity contribution in [2.75, 3.05) is 19.6 Å². The Bertz CT molecular complexity index is 913. The molecule has 0 saturated carbocycles. The summed E-state index contributed by atoms with van der Waals surface area (Å²) >= 11 is 0. The van der Waals surface area contributed by atoms with E-state index >= 15 is 0 Å². The predicted molar refractivity (Wildman–Crippen MR) is 119 cm³/mol. The molecular formula is C23H31N7. The number of hydrogen-bond acceptors (Lipinski definition) is 3. The number of imidazole rings is 2. The molecule has 30 heavy (non-hydrogen) atoms. The SMILES string of the molecule is CCNC(=NCc1ccc(Cn2ccnc2)cc1)N1CCC(C)C(n2ccnc2)C1. The molecule has 1 aromatic carbocycles. The summed E-state index contributed by atoms with van der Waals surface area (Å²) in [5, 5.41) is 3.49. The van der Waals surface area contributed by atoms with Crippen LogP contribution in [-0.4, -0.2) is 49.6 Å². The molecule has 0 amide bonds. The van der Waals surface area contributed by atoms with Gasteiger partial charge < -0.3 is 19.4 Å². The number of rotatable bonds is 6. The molecule has 3 aromatic rings. The van der Waals surface area contributed by atoms with Gasteiger partial charge in [-0.25, -0.2) is 15.0 Å². The summed E-state index contributed by atoms with van der Waals surface area (Å²) in [7, 11) is 0. The maximum atomic E-state index is 4.94. The Morgan fingerprint density at radius 3 is 2.57 bits per heavy atom. The lowest BCUT2D eigenvalue weighted by Gasteiger charge is -2.39. The standard InChI is InChI=1S/C23H31N7/c1-3-26-23(29-11-8-19(2)22(16-29)30-13-10-25-18-30)27-14-20-4-6-21(7-5-20)15-28-12-9-24-17-28/h4-7,9-10,12-13,17-19,22H,3,8,11,14-16H2,1-2H3,(H,26,27). The average molecular weight is 406 g/mol. The lowest BCUT2D eigenvalue weighted by atomic mass is 9.93. The third kappa shape index (κ3) is 4.90. The second-order valence-electron chi connectivity index (χ2n) is 8.01. The fourth-order valence-corrected chi connectivity index (χ4v) is 4.03. The van der Waals surface area contributed by atoms with Crippen molar-refractivity contribution in [1.29, 1.82) is 0 Å². The maximum absolute atomic E-state index is 4.94. The molecule has 0 bridgehead atoms. The van der Waals surface area contributed by atoms with E-state index in [1.54, 1.807) is 0 Å². The Kier molecular flexibility index (Phi) is 6.47. The van der Waals surface area contributed by atoms with Crippen LogP contribution in [0.25, 0.3) is 0 Å². The normalized spacial score (nSPS) is 19.8. The first-order valence-corrected chi connectivity index (χ1v) is 10.8. The molecule has 158 valence electrons. The first-order valence-electron chi connectivity index (χ1n) is 10.8. The van der Waals surface area contributed by atoms with Gasteiger partial charge in [0.15, 0.2) is 5.96 Å². The van der Waals surface area contributed by atoms with Gasteiger partial charge in [0, 0.05) is 51.0 Å². The van der Waals surface area contributed by atoms with Crippen LogP contribution in [0.1, 0.15) is 37.4 Å². The van der Waals surface area contributed by atoms with Crippen LogP contribution in [0.3, 0.4) is 0 Å². The summed E-state index contributed by atoms with van der Waals surface area (Å²) in [6.07, 6.45) is 12.6. The van der Waals surface area contributed by atoms with Gasteiger partial charge in [0.25, 0.3) is 0 Å². The van der Waals surface area contributed by atoms with E-state index in [4.69, 9.17) is 4.99 Å². The van der Waals surface area contributed by atoms with Crippen molar-refractivity contribution in [1.82, 2.24) is 29.3 Å². The molecule has 1 fully saturated rings. The van der Waals surface area contributed by atoms with E-state index in [0.717, 1.165) is 38.6 Å². The zero-order valence-corrected chi connectivity index (χ0v) is 17.9. The van der Waals surface area contributed by atoms with Gasteiger partial charge in [-0.2, -0.15) is 0 Å². The summed E-state index contributed by atoms with van der Waals surface area (Å²) in [5.74, 6) is 1.62. The van der Waals surface area contributed by atoms with Crippen LogP contribution in [0.15, 0.2) is 66.7 Å². The van der Waals surface area contributed by atoms with Crippen LogP contribution in [0.2, 0.25) is 0 Å². The molecular weight excluding hydrogens is 374 g/mol. The number of aliphatic imine (C=N–C) groups is 1. The number of nitrogens with zero attached hydrogens (tertiary/aromatic N) is 6. The van der Waals surface area contributed by atoms with Crippen molar-refractivity contribution >= 4 is 5.96 Å². The van der Waals surface area contributed by atoms with Crippen LogP contribution in [0, 0.1) is 5.92 Å². The van der Waals surface area contributed by atoms with Gasteiger partial charge in [-0.15, -0.1) is 0 Å². The minimum atomic E-state index is 0.424. The number of benzene rings is 1. The van der Waals surface area contributed by atoms with E-state index in [0.29, 0.717) is 18.5 Å². The van der Waals surface area contributed by atoms with Gasteiger partial charge in [-0.1, -0.05) is 31.2 Å². The van der Waals surface area contributed by atoms with E-state index in [1.807, 2.05) is 31.2 Å². The van der Waals surface area contributed by atoms with Crippen LogP contribution in [-0.2, 0) is 13.1 Å². The Morgan fingerprint density at radius 1 is 1.10 bits per heavy atom. The van der Waals surface area contributed by atoms with Gasteiger partial charge in [-0.3, -0.25) is 0 Å². The van der Waals surface area contributed by atoms with Gasteiger partial charge in [-0.05, 0) is 30.4 Å². The molecule has 3 heterocycles. The number of guanidine groups is 1. The Morgan fingerprint density at radius 2 is 1.87 bits per heavy atom. The Hall–Kier alpha value is -3.09. The zero-order valence-electron chi connectivity index (χ0n) is 17.9. The van der Waals surface area contributed by atoms with Crippen LogP contribution in [0.4, 0.5) is 0 Å². The van der Waals surface area contributed by atoms with Crippen molar-refractivity contribution in [2.24, 2.45) is 10.9 Å². The second-order valence-corrected chi connectivity index (χ2v) is 8.01. The first-order chi connectivity index (χ1) is 14.7. The molecule has 2 atom stereocenters. The lowest BCUT2D eigenvalue weighted by Crippen LogP contribution is -2.49. The third-order valence-corrected chi connectivity index (χ3v) is 5.82. The highest BCUT2D eigenvalue weighted by Crippen LogP contribution is 2.27. The highest BCUT2D eigenvalue weighted by molar-refractivity contribution is 5.80. The molecule has 7 nitrogen and oxygen atoms in total. The Labute approximate surface area is 178 Å². The number of aromatic nitrogens is 4. The van der Waals surface area contributed by atoms with E-state index in [1.165, 1.54) is 11.1 Å². The Balaban J connectivity index is 1.42. The molecule has 2 unspecified atom stereocenters. The van der Waals surface area contributed by atoms with Gasteiger partial charge in [0.1, 0.15) is 0 Å². The van der Waals surface area contributed by atoms with Gasteiger partial charge >= 0.3 is 0 Å². The van der Waals surface area contributed by atoms with Crippen molar-refractivity contribution < 1.29 is 0 Å². The third-order valence-electron chi connectivity index (χ3n) is 5.82. The molecule has 0 radical (unpaired) electrons. The minimum Gasteiger partial charge on any atom is -0.357 e. The van der Waals surface area contributed by atoms with E-state index in [-0.39, 0.29) is 0 Å². The second kappa shape index (κ2) is 9.61. The minimum absolute atomic E-state index is 0.424. The van der Waals surface area contributed by atoms with E-state index in [9.17, 15) is 0 Å². The first kappa shape index (κ1) is 20.2. The summed E-state index contributed by atoms with van der Waals surface area (Å²) in [5.41, 5.74) is 2.48. The zero-order chi connectivity index (χ0) is 20.8. The molecule has 1 aliphatic rings. The highest BCUT2D eigenvalue weighted by atomic mass is 15.3. The van der Waals surface area contributed by atoms with Crippen LogP contribution < -0.4 is 5.32 Å². The van der Waals surface area contributed by atoms with Gasteiger partial charge in [0.05, 0.1) is 25.2 Å². The molecule has 4 rings (SSSR count). The van der Waals surface area contributed by atoms with Crippen LogP contribution >= 0.6 is 0 Å². The molecule has 0 aliphatic carbocycles. The number of piperidine rings is 1. The van der Waals surface area contributed by atoms with Crippen molar-refractivity contribution in [2.45, 2.75) is 39.4 Å².